The molecule has 2 atom stereocenters. The third-order valence-electron chi connectivity index (χ3n) is 6.32. The fraction of sp³-hybridized carbons (Fsp3) is 0.435. The summed E-state index contributed by atoms with van der Waals surface area (Å²) in [6, 6.07) is 9.76. The molecule has 162 valence electrons. The third kappa shape index (κ3) is 3.61. The maximum atomic E-state index is 15.1. The fourth-order valence-corrected chi connectivity index (χ4v) is 5.05. The van der Waals surface area contributed by atoms with Crippen LogP contribution in [0.25, 0.3) is 0 Å². The predicted molar refractivity (Wildman–Crippen MR) is 115 cm³/mol. The lowest BCUT2D eigenvalue weighted by Crippen LogP contribution is -2.48. The van der Waals surface area contributed by atoms with Crippen LogP contribution in [0.15, 0.2) is 42.5 Å². The van der Waals surface area contributed by atoms with Gasteiger partial charge < -0.3 is 10.4 Å². The van der Waals surface area contributed by atoms with Crippen molar-refractivity contribution in [2.45, 2.75) is 49.7 Å². The smallest absolute Gasteiger partial charge is 0.238 e. The minimum Gasteiger partial charge on any atom is -0.389 e. The molecule has 1 fully saturated rings. The van der Waals surface area contributed by atoms with E-state index in [4.69, 9.17) is 0 Å². The summed E-state index contributed by atoms with van der Waals surface area (Å²) in [7, 11) is 1.69. The molecule has 0 aromatic heterocycles. The van der Waals surface area contributed by atoms with Gasteiger partial charge >= 0.3 is 0 Å². The van der Waals surface area contributed by atoms with E-state index in [9.17, 15) is 14.3 Å². The molecular formula is C23H27ClF2N2O2. The molecule has 2 N–H and O–H groups in total. The maximum Gasteiger partial charge on any atom is 0.238 e. The number of fused-ring (bicyclic) bond motifs is 2. The van der Waals surface area contributed by atoms with Crippen LogP contribution in [-0.4, -0.2) is 30.7 Å². The zero-order chi connectivity index (χ0) is 20.6. The number of nitrogens with zero attached hydrogens (tertiary/aromatic N) is 1. The molecule has 0 bridgehead atoms. The zero-order valence-corrected chi connectivity index (χ0v) is 17.7. The largest absolute Gasteiger partial charge is 0.389 e. The van der Waals surface area contributed by atoms with E-state index in [0.717, 1.165) is 19.3 Å². The standard InChI is InChI=1S/C23H26F2N2O2.ClH/c1-26-14-19(28)20(15-7-5-8-16(24)13-15)27-21-17(9-6-10-18(21)25)23(22(27)29)11-3-2-4-12-23;/h5-10,13,19-20,26,28H,2-4,11-12,14H2,1H3;1H/t19-,20+;/m1./s1. The van der Waals surface area contributed by atoms with Crippen molar-refractivity contribution in [2.24, 2.45) is 0 Å². The van der Waals surface area contributed by atoms with Gasteiger partial charge in [0.1, 0.15) is 11.6 Å². The van der Waals surface area contributed by atoms with Crippen molar-refractivity contribution >= 4 is 24.0 Å². The van der Waals surface area contributed by atoms with Gasteiger partial charge in [-0.15, -0.1) is 12.4 Å². The number of benzene rings is 2. The summed E-state index contributed by atoms with van der Waals surface area (Å²) in [4.78, 5) is 15.2. The number of hydrogen-bond donors (Lipinski definition) is 2. The van der Waals surface area contributed by atoms with Gasteiger partial charge in [0.2, 0.25) is 5.91 Å². The van der Waals surface area contributed by atoms with E-state index in [1.54, 1.807) is 25.2 Å². The molecule has 4 rings (SSSR count). The molecule has 1 saturated carbocycles. The number of carbonyl (C=O) groups is 1. The Morgan fingerprint density at radius 3 is 2.50 bits per heavy atom. The van der Waals surface area contributed by atoms with Crippen molar-refractivity contribution in [3.63, 3.8) is 0 Å². The topological polar surface area (TPSA) is 52.6 Å². The molecule has 1 aliphatic carbocycles. The minimum atomic E-state index is -1.03. The molecule has 2 aromatic carbocycles. The van der Waals surface area contributed by atoms with Crippen molar-refractivity contribution in [2.75, 3.05) is 18.5 Å². The second-order valence-corrected chi connectivity index (χ2v) is 8.08. The van der Waals surface area contributed by atoms with E-state index >= 15 is 4.39 Å². The van der Waals surface area contributed by atoms with E-state index in [1.165, 1.54) is 23.1 Å². The van der Waals surface area contributed by atoms with E-state index in [2.05, 4.69) is 5.32 Å². The van der Waals surface area contributed by atoms with Crippen LogP contribution in [0, 0.1) is 11.6 Å². The van der Waals surface area contributed by atoms with Crippen molar-refractivity contribution in [1.29, 1.82) is 0 Å². The highest BCUT2D eigenvalue weighted by atomic mass is 35.5. The molecule has 0 saturated heterocycles. The molecule has 4 nitrogen and oxygen atoms in total. The molecule has 2 aromatic rings. The Balaban J connectivity index is 0.00000256. The highest BCUT2D eigenvalue weighted by Gasteiger charge is 2.54. The zero-order valence-electron chi connectivity index (χ0n) is 16.9. The first-order valence-electron chi connectivity index (χ1n) is 10.2. The van der Waals surface area contributed by atoms with E-state index in [0.29, 0.717) is 24.0 Å². The summed E-state index contributed by atoms with van der Waals surface area (Å²) in [6.07, 6.45) is 3.15. The maximum absolute atomic E-state index is 15.1. The van der Waals surface area contributed by atoms with Crippen LogP contribution < -0.4 is 10.2 Å². The van der Waals surface area contributed by atoms with Crippen LogP contribution >= 0.6 is 12.4 Å². The van der Waals surface area contributed by atoms with Gasteiger partial charge in [0.05, 0.1) is 23.2 Å². The summed E-state index contributed by atoms with van der Waals surface area (Å²) in [5.74, 6) is -1.14. The molecule has 7 heteroatoms. The summed E-state index contributed by atoms with van der Waals surface area (Å²) >= 11 is 0. The molecular weight excluding hydrogens is 410 g/mol. The van der Waals surface area contributed by atoms with Crippen LogP contribution in [0.5, 0.6) is 0 Å². The monoisotopic (exact) mass is 436 g/mol. The number of hydrogen-bond acceptors (Lipinski definition) is 3. The SMILES string of the molecule is CNC[C@@H](O)[C@H](c1cccc(F)c1)N1C(=O)C2(CCCCC2)c2cccc(F)c21.Cl. The Morgan fingerprint density at radius 2 is 1.83 bits per heavy atom. The number of likely N-dealkylation sites (N-methyl/N-ethyl adjacent to an activating group) is 1. The van der Waals surface area contributed by atoms with Gasteiger partial charge in [0.15, 0.2) is 0 Å². The van der Waals surface area contributed by atoms with Crippen molar-refractivity contribution in [3.8, 4) is 0 Å². The normalized spacial score (nSPS) is 19.3. The van der Waals surface area contributed by atoms with Crippen LogP contribution in [0.2, 0.25) is 0 Å². The summed E-state index contributed by atoms with van der Waals surface area (Å²) in [5.41, 5.74) is 0.605. The van der Waals surface area contributed by atoms with Crippen molar-refractivity contribution in [3.05, 3.63) is 65.2 Å². The number of nitrogens with one attached hydrogen (secondary N) is 1. The van der Waals surface area contributed by atoms with Crippen LogP contribution in [-0.2, 0) is 10.2 Å². The first-order chi connectivity index (χ1) is 14.0. The quantitative estimate of drug-likeness (QED) is 0.736. The number of para-hydroxylation sites is 1. The molecule has 1 spiro atoms. The summed E-state index contributed by atoms with van der Waals surface area (Å²) in [5, 5.41) is 13.8. The average Bonchev–Trinajstić information content (AvgIpc) is 2.93. The molecule has 1 amide bonds. The van der Waals surface area contributed by atoms with E-state index in [1.807, 2.05) is 6.07 Å². The number of halogens is 3. The number of rotatable bonds is 5. The molecule has 30 heavy (non-hydrogen) atoms. The predicted octanol–water partition coefficient (Wildman–Crippen LogP) is 4.26. The molecule has 0 radical (unpaired) electrons. The molecule has 1 heterocycles. The van der Waals surface area contributed by atoms with Crippen LogP contribution in [0.1, 0.15) is 49.3 Å². The Morgan fingerprint density at radius 1 is 1.13 bits per heavy atom. The first kappa shape index (κ1) is 22.7. The molecule has 2 aliphatic rings. The Bertz CT molecular complexity index is 918. The highest BCUT2D eigenvalue weighted by Crippen LogP contribution is 2.53. The van der Waals surface area contributed by atoms with Gasteiger partial charge in [-0.25, -0.2) is 8.78 Å². The number of aliphatic hydroxyl groups excluding tert-OH is 1. The van der Waals surface area contributed by atoms with Crippen LogP contribution in [0.4, 0.5) is 14.5 Å². The van der Waals surface area contributed by atoms with Gasteiger partial charge in [-0.05, 0) is 49.2 Å². The number of anilines is 1. The second-order valence-electron chi connectivity index (χ2n) is 8.08. The Kier molecular flexibility index (Phi) is 6.80. The van der Waals surface area contributed by atoms with E-state index < -0.39 is 29.2 Å². The number of aliphatic hydroxyl groups is 1. The van der Waals surface area contributed by atoms with E-state index in [-0.39, 0.29) is 30.5 Å². The lowest BCUT2D eigenvalue weighted by molar-refractivity contribution is -0.125. The van der Waals surface area contributed by atoms with Gasteiger partial charge in [0.25, 0.3) is 0 Å². The van der Waals surface area contributed by atoms with Gasteiger partial charge in [0, 0.05) is 6.54 Å². The fourth-order valence-electron chi connectivity index (χ4n) is 5.05. The first-order valence-corrected chi connectivity index (χ1v) is 10.2. The Hall–Kier alpha value is -2.02. The number of amides is 1. The van der Waals surface area contributed by atoms with Crippen molar-refractivity contribution < 1.29 is 18.7 Å². The van der Waals surface area contributed by atoms with Gasteiger partial charge in [-0.3, -0.25) is 9.69 Å². The summed E-state index contributed by atoms with van der Waals surface area (Å²) in [6.45, 7) is 0.182. The Labute approximate surface area is 181 Å². The van der Waals surface area contributed by atoms with Crippen LogP contribution in [0.3, 0.4) is 0 Å². The average molecular weight is 437 g/mol. The summed E-state index contributed by atoms with van der Waals surface area (Å²) < 4.78 is 29.1. The second kappa shape index (κ2) is 9.00. The molecule has 1 aliphatic heterocycles. The van der Waals surface area contributed by atoms with Gasteiger partial charge in [-0.2, -0.15) is 0 Å². The molecule has 0 unspecified atom stereocenters. The van der Waals surface area contributed by atoms with Crippen molar-refractivity contribution in [1.82, 2.24) is 5.32 Å². The lowest BCUT2D eigenvalue weighted by Gasteiger charge is -2.36. The minimum absolute atomic E-state index is 0. The van der Waals surface area contributed by atoms with Gasteiger partial charge in [-0.1, -0.05) is 43.5 Å². The third-order valence-corrected chi connectivity index (χ3v) is 6.32. The highest BCUT2D eigenvalue weighted by molar-refractivity contribution is 6.09. The number of carbonyl (C=O) groups excluding carboxylic acids is 1. The lowest BCUT2D eigenvalue weighted by atomic mass is 9.70.